The lowest BCUT2D eigenvalue weighted by Crippen LogP contribution is -2.38. The number of rotatable bonds is 9. The summed E-state index contributed by atoms with van der Waals surface area (Å²) in [5.41, 5.74) is 2.78. The first-order valence-corrected chi connectivity index (χ1v) is 12.3. The van der Waals surface area contributed by atoms with E-state index in [9.17, 15) is 14.0 Å². The summed E-state index contributed by atoms with van der Waals surface area (Å²) < 4.78 is 14.7. The fourth-order valence-corrected chi connectivity index (χ4v) is 4.66. The van der Waals surface area contributed by atoms with E-state index in [0.717, 1.165) is 38.9 Å². The number of benzene rings is 2. The second-order valence-corrected chi connectivity index (χ2v) is 9.36. The van der Waals surface area contributed by atoms with Crippen LogP contribution in [0.2, 0.25) is 0 Å². The van der Waals surface area contributed by atoms with Crippen LogP contribution in [0.25, 0.3) is 11.4 Å². The van der Waals surface area contributed by atoms with E-state index in [1.807, 2.05) is 12.1 Å². The predicted molar refractivity (Wildman–Crippen MR) is 135 cm³/mol. The Morgan fingerprint density at radius 2 is 1.97 bits per heavy atom. The molecular weight excluding hydrogens is 461 g/mol. The molecule has 0 spiro atoms. The minimum Gasteiger partial charge on any atom is -0.338 e. The van der Waals surface area contributed by atoms with Gasteiger partial charge in [-0.2, -0.15) is 0 Å². The molecule has 1 aromatic heterocycles. The fourth-order valence-electron chi connectivity index (χ4n) is 4.66. The third kappa shape index (κ3) is 6.94. The SMILES string of the molecule is CC(=O)c1cc(NC(=O)NCCCN2CCCC(Cc3ccc(F)cc3)C2)cc(-c2nnnn2C)c1. The number of amides is 2. The highest BCUT2D eigenvalue weighted by molar-refractivity contribution is 5.98. The number of piperidine rings is 1. The highest BCUT2D eigenvalue weighted by atomic mass is 19.1. The molecule has 4 rings (SSSR count). The molecule has 2 N–H and O–H groups in total. The Bertz CT molecular complexity index is 1200. The van der Waals surface area contributed by atoms with E-state index in [1.165, 1.54) is 35.7 Å². The van der Waals surface area contributed by atoms with Crippen LogP contribution in [0.4, 0.5) is 14.9 Å². The number of hydrogen-bond donors (Lipinski definition) is 2. The third-order valence-electron chi connectivity index (χ3n) is 6.45. The topological polar surface area (TPSA) is 105 Å². The smallest absolute Gasteiger partial charge is 0.319 e. The lowest BCUT2D eigenvalue weighted by atomic mass is 9.91. The van der Waals surface area contributed by atoms with Gasteiger partial charge in [-0.15, -0.1) is 5.10 Å². The summed E-state index contributed by atoms with van der Waals surface area (Å²) in [6.07, 6.45) is 4.12. The van der Waals surface area contributed by atoms with Crippen molar-refractivity contribution in [3.8, 4) is 11.4 Å². The van der Waals surface area contributed by atoms with Gasteiger partial charge < -0.3 is 15.5 Å². The van der Waals surface area contributed by atoms with Crippen LogP contribution in [-0.2, 0) is 13.5 Å². The van der Waals surface area contributed by atoms with E-state index >= 15 is 0 Å². The van der Waals surface area contributed by atoms with E-state index in [-0.39, 0.29) is 17.6 Å². The summed E-state index contributed by atoms with van der Waals surface area (Å²) in [6, 6.07) is 11.6. The van der Waals surface area contributed by atoms with Crippen molar-refractivity contribution in [1.82, 2.24) is 30.4 Å². The molecule has 0 radical (unpaired) electrons. The molecule has 0 aliphatic carbocycles. The zero-order valence-corrected chi connectivity index (χ0v) is 20.7. The first kappa shape index (κ1) is 25.4. The number of carbonyl (C=O) groups excluding carboxylic acids is 2. The lowest BCUT2D eigenvalue weighted by Gasteiger charge is -2.32. The highest BCUT2D eigenvalue weighted by Crippen LogP contribution is 2.23. The van der Waals surface area contributed by atoms with Gasteiger partial charge in [-0.25, -0.2) is 13.9 Å². The number of halogens is 1. The molecule has 36 heavy (non-hydrogen) atoms. The number of nitrogens with zero attached hydrogens (tertiary/aromatic N) is 5. The summed E-state index contributed by atoms with van der Waals surface area (Å²) in [6.45, 7) is 4.99. The van der Waals surface area contributed by atoms with Crippen LogP contribution in [0.3, 0.4) is 0 Å². The number of nitrogens with one attached hydrogen (secondary N) is 2. The molecule has 190 valence electrons. The number of likely N-dealkylation sites (tertiary alicyclic amines) is 1. The first-order valence-electron chi connectivity index (χ1n) is 12.3. The van der Waals surface area contributed by atoms with Gasteiger partial charge in [0.15, 0.2) is 11.6 Å². The molecule has 0 bridgehead atoms. The van der Waals surface area contributed by atoms with Gasteiger partial charge in [0.25, 0.3) is 0 Å². The Labute approximate surface area is 210 Å². The zero-order chi connectivity index (χ0) is 25.5. The van der Waals surface area contributed by atoms with Gasteiger partial charge in [-0.1, -0.05) is 12.1 Å². The number of ketones is 1. The van der Waals surface area contributed by atoms with Gasteiger partial charge in [-0.05, 0) is 97.9 Å². The molecule has 9 nitrogen and oxygen atoms in total. The van der Waals surface area contributed by atoms with Crippen molar-refractivity contribution in [2.75, 3.05) is 31.5 Å². The monoisotopic (exact) mass is 493 g/mol. The first-order chi connectivity index (χ1) is 17.4. The maximum Gasteiger partial charge on any atom is 0.319 e. The van der Waals surface area contributed by atoms with Crippen molar-refractivity contribution in [2.45, 2.75) is 32.6 Å². The normalized spacial score (nSPS) is 16.0. The van der Waals surface area contributed by atoms with Crippen molar-refractivity contribution in [3.05, 3.63) is 59.4 Å². The maximum atomic E-state index is 13.2. The van der Waals surface area contributed by atoms with Crippen molar-refractivity contribution in [2.24, 2.45) is 13.0 Å². The van der Waals surface area contributed by atoms with Gasteiger partial charge in [0.1, 0.15) is 5.82 Å². The molecule has 2 heterocycles. The van der Waals surface area contributed by atoms with Gasteiger partial charge >= 0.3 is 6.03 Å². The minimum atomic E-state index is -0.328. The van der Waals surface area contributed by atoms with E-state index < -0.39 is 0 Å². The van der Waals surface area contributed by atoms with E-state index in [4.69, 9.17) is 0 Å². The number of tetrazole rings is 1. The van der Waals surface area contributed by atoms with E-state index in [1.54, 1.807) is 25.2 Å². The van der Waals surface area contributed by atoms with Crippen molar-refractivity contribution in [1.29, 1.82) is 0 Å². The molecule has 1 fully saturated rings. The quantitative estimate of drug-likeness (QED) is 0.348. The van der Waals surface area contributed by atoms with Gasteiger partial charge in [0.2, 0.25) is 0 Å². The van der Waals surface area contributed by atoms with Crippen LogP contribution in [0, 0.1) is 11.7 Å². The second kappa shape index (κ2) is 11.9. The van der Waals surface area contributed by atoms with Crippen LogP contribution < -0.4 is 10.6 Å². The summed E-state index contributed by atoms with van der Waals surface area (Å²) in [7, 11) is 1.71. The number of hydrogen-bond acceptors (Lipinski definition) is 6. The standard InChI is InChI=1S/C26H32FN7O2/c1-18(35)21-14-22(25-30-31-32-33(25)2)16-24(15-21)29-26(36)28-10-4-12-34-11-3-5-20(17-34)13-19-6-8-23(27)9-7-19/h6-9,14-16,20H,3-5,10-13,17H2,1-2H3,(H2,28,29,36). The molecule has 2 aromatic carbocycles. The summed E-state index contributed by atoms with van der Waals surface area (Å²) in [4.78, 5) is 26.9. The molecule has 1 aliphatic heterocycles. The number of aryl methyl sites for hydroxylation is 1. The number of carbonyl (C=O) groups is 2. The van der Waals surface area contributed by atoms with Crippen LogP contribution in [0.1, 0.15) is 42.1 Å². The number of anilines is 1. The zero-order valence-electron chi connectivity index (χ0n) is 20.7. The van der Waals surface area contributed by atoms with Crippen molar-refractivity contribution >= 4 is 17.5 Å². The second-order valence-electron chi connectivity index (χ2n) is 9.36. The van der Waals surface area contributed by atoms with Gasteiger partial charge in [-0.3, -0.25) is 4.79 Å². The Kier molecular flexibility index (Phi) is 8.37. The minimum absolute atomic E-state index is 0.116. The van der Waals surface area contributed by atoms with Crippen LogP contribution in [-0.4, -0.2) is 63.1 Å². The number of urea groups is 1. The molecule has 3 aromatic rings. The molecule has 0 saturated carbocycles. The largest absolute Gasteiger partial charge is 0.338 e. The predicted octanol–water partition coefficient (Wildman–Crippen LogP) is 3.69. The molecule has 1 unspecified atom stereocenters. The van der Waals surface area contributed by atoms with Crippen LogP contribution in [0.5, 0.6) is 0 Å². The summed E-state index contributed by atoms with van der Waals surface area (Å²) >= 11 is 0. The Morgan fingerprint density at radius 1 is 1.17 bits per heavy atom. The van der Waals surface area contributed by atoms with Gasteiger partial charge in [0.05, 0.1) is 0 Å². The Hall–Kier alpha value is -3.66. The average Bonchev–Trinajstić information content (AvgIpc) is 3.29. The molecule has 10 heteroatoms. The summed E-state index contributed by atoms with van der Waals surface area (Å²) in [5.74, 6) is 0.748. The van der Waals surface area contributed by atoms with Crippen molar-refractivity contribution < 1.29 is 14.0 Å². The lowest BCUT2D eigenvalue weighted by molar-refractivity contribution is 0.101. The number of Topliss-reactive ketones (excluding diaryl/α,β-unsaturated/α-hetero) is 1. The summed E-state index contributed by atoms with van der Waals surface area (Å²) in [5, 5.41) is 17.2. The maximum absolute atomic E-state index is 13.2. The third-order valence-corrected chi connectivity index (χ3v) is 6.45. The fraction of sp³-hybridized carbons (Fsp3) is 0.423. The number of aromatic nitrogens is 4. The molecule has 1 aliphatic rings. The van der Waals surface area contributed by atoms with Crippen molar-refractivity contribution in [3.63, 3.8) is 0 Å². The van der Waals surface area contributed by atoms with E-state index in [0.29, 0.717) is 35.1 Å². The molecule has 1 saturated heterocycles. The Balaban J connectivity index is 1.24. The molecule has 1 atom stereocenters. The van der Waals surface area contributed by atoms with Gasteiger partial charge in [0, 0.05) is 37.0 Å². The molecular formula is C26H32FN7O2. The molecule has 2 amide bonds. The Morgan fingerprint density at radius 3 is 2.69 bits per heavy atom. The average molecular weight is 494 g/mol. The van der Waals surface area contributed by atoms with E-state index in [2.05, 4.69) is 31.1 Å². The highest BCUT2D eigenvalue weighted by Gasteiger charge is 2.20. The van der Waals surface area contributed by atoms with Crippen LogP contribution in [0.15, 0.2) is 42.5 Å². The van der Waals surface area contributed by atoms with Crippen LogP contribution >= 0.6 is 0 Å².